The fourth-order valence-electron chi connectivity index (χ4n) is 3.01. The minimum absolute atomic E-state index is 0.151. The molecule has 2 atom stereocenters. The van der Waals surface area contributed by atoms with Crippen LogP contribution in [0.5, 0.6) is 0 Å². The van der Waals surface area contributed by atoms with Crippen molar-refractivity contribution in [2.45, 2.75) is 19.3 Å². The van der Waals surface area contributed by atoms with Gasteiger partial charge in [0.25, 0.3) is 0 Å². The van der Waals surface area contributed by atoms with E-state index in [1.165, 1.54) is 0 Å². The Kier molecular flexibility index (Phi) is 4.72. The van der Waals surface area contributed by atoms with E-state index in [4.69, 9.17) is 4.74 Å². The third kappa shape index (κ3) is 3.27. The summed E-state index contributed by atoms with van der Waals surface area (Å²) in [4.78, 5) is 26.0. The number of esters is 1. The van der Waals surface area contributed by atoms with E-state index >= 15 is 0 Å². The van der Waals surface area contributed by atoms with Crippen LogP contribution in [0.15, 0.2) is 53.9 Å². The van der Waals surface area contributed by atoms with Gasteiger partial charge in [0.05, 0.1) is 6.61 Å². The second-order valence-electron chi connectivity index (χ2n) is 5.49. The van der Waals surface area contributed by atoms with Crippen molar-refractivity contribution >= 4 is 28.7 Å². The lowest BCUT2D eigenvalue weighted by molar-refractivity contribution is -0.151. The summed E-state index contributed by atoms with van der Waals surface area (Å²) in [6.07, 6.45) is 2.28. The molecule has 1 aromatic carbocycles. The van der Waals surface area contributed by atoms with Crippen LogP contribution in [0.3, 0.4) is 0 Å². The summed E-state index contributed by atoms with van der Waals surface area (Å²) >= 11 is 1.58. The van der Waals surface area contributed by atoms with E-state index in [-0.39, 0.29) is 18.3 Å². The van der Waals surface area contributed by atoms with Crippen LogP contribution in [0.1, 0.15) is 29.7 Å². The number of hydrogen-bond donors (Lipinski definition) is 0. The lowest BCUT2D eigenvalue weighted by Crippen LogP contribution is -2.33. The first-order valence-corrected chi connectivity index (χ1v) is 8.58. The molecule has 1 heterocycles. The molecule has 0 saturated carbocycles. The largest absolute Gasteiger partial charge is 0.465 e. The fraction of sp³-hybridized carbons (Fsp3) is 0.263. The van der Waals surface area contributed by atoms with Gasteiger partial charge in [-0.05, 0) is 42.0 Å². The van der Waals surface area contributed by atoms with Gasteiger partial charge in [-0.3, -0.25) is 9.59 Å². The molecule has 2 unspecified atom stereocenters. The number of hydrogen-bond acceptors (Lipinski definition) is 4. The Morgan fingerprint density at radius 1 is 1.22 bits per heavy atom. The maximum absolute atomic E-state index is 12.6. The Labute approximate surface area is 139 Å². The van der Waals surface area contributed by atoms with E-state index in [1.54, 1.807) is 24.3 Å². The minimum Gasteiger partial charge on any atom is -0.465 e. The van der Waals surface area contributed by atoms with Gasteiger partial charge in [0, 0.05) is 10.8 Å². The highest BCUT2D eigenvalue weighted by molar-refractivity contribution is 7.10. The van der Waals surface area contributed by atoms with Crippen LogP contribution >= 0.6 is 11.3 Å². The third-order valence-electron chi connectivity index (χ3n) is 4.06. The van der Waals surface area contributed by atoms with Gasteiger partial charge in [-0.2, -0.15) is 0 Å². The van der Waals surface area contributed by atoms with Gasteiger partial charge in [0.1, 0.15) is 5.92 Å². The molecule has 4 heteroatoms. The molecule has 118 valence electrons. The quantitative estimate of drug-likeness (QED) is 0.628. The van der Waals surface area contributed by atoms with Crippen LogP contribution in [-0.2, 0) is 14.3 Å². The van der Waals surface area contributed by atoms with Crippen molar-refractivity contribution in [3.63, 3.8) is 0 Å². The molecule has 0 saturated heterocycles. The summed E-state index contributed by atoms with van der Waals surface area (Å²) in [5, 5.41) is 1.97. The second kappa shape index (κ2) is 6.92. The normalized spacial score (nSPS) is 20.9. The molecule has 0 spiro atoms. The first-order valence-electron chi connectivity index (χ1n) is 7.70. The molecule has 0 fully saturated rings. The zero-order valence-corrected chi connectivity index (χ0v) is 13.7. The zero-order valence-electron chi connectivity index (χ0n) is 12.9. The molecule has 1 aliphatic carbocycles. The second-order valence-corrected chi connectivity index (χ2v) is 6.47. The topological polar surface area (TPSA) is 43.4 Å². The van der Waals surface area contributed by atoms with Crippen molar-refractivity contribution in [2.75, 3.05) is 6.61 Å². The Hall–Kier alpha value is -2.20. The average Bonchev–Trinajstić information content (AvgIpc) is 3.09. The van der Waals surface area contributed by atoms with Crippen LogP contribution < -0.4 is 0 Å². The number of thiophene rings is 1. The molecule has 0 amide bonds. The van der Waals surface area contributed by atoms with Gasteiger partial charge in [-0.1, -0.05) is 36.4 Å². The molecule has 3 nitrogen and oxygen atoms in total. The smallest absolute Gasteiger partial charge is 0.317 e. The van der Waals surface area contributed by atoms with Crippen LogP contribution in [0.2, 0.25) is 0 Å². The lowest BCUT2D eigenvalue weighted by atomic mass is 9.76. The third-order valence-corrected chi connectivity index (χ3v) is 5.06. The maximum atomic E-state index is 12.6. The summed E-state index contributed by atoms with van der Waals surface area (Å²) in [6, 6.07) is 13.8. The van der Waals surface area contributed by atoms with Crippen molar-refractivity contribution in [3.8, 4) is 0 Å². The van der Waals surface area contributed by atoms with Crippen LogP contribution in [0, 0.1) is 5.92 Å². The first-order chi connectivity index (χ1) is 11.2. The standard InChI is InChI=1S/C19H18O3S/c1-2-22-19(21)18-15(17-9-6-10-23-17)11-14(12-16(18)20)13-7-4-3-5-8-13/h3-10,12,15,18H,2,11H2,1H3. The Morgan fingerprint density at radius 3 is 2.65 bits per heavy atom. The van der Waals surface area contributed by atoms with Crippen LogP contribution in [0.4, 0.5) is 0 Å². The number of carbonyl (C=O) groups excluding carboxylic acids is 2. The summed E-state index contributed by atoms with van der Waals surface area (Å²) in [5.41, 5.74) is 2.01. The van der Waals surface area contributed by atoms with E-state index in [2.05, 4.69) is 0 Å². The van der Waals surface area contributed by atoms with Crippen LogP contribution in [-0.4, -0.2) is 18.4 Å². The molecule has 0 N–H and O–H groups in total. The van der Waals surface area contributed by atoms with E-state index < -0.39 is 11.9 Å². The number of ketones is 1. The number of carbonyl (C=O) groups is 2. The lowest BCUT2D eigenvalue weighted by Gasteiger charge is -2.28. The van der Waals surface area contributed by atoms with E-state index in [0.29, 0.717) is 6.42 Å². The molecular formula is C19H18O3S. The monoisotopic (exact) mass is 326 g/mol. The van der Waals surface area contributed by atoms with Crippen molar-refractivity contribution in [1.29, 1.82) is 0 Å². The van der Waals surface area contributed by atoms with Crippen molar-refractivity contribution in [2.24, 2.45) is 5.92 Å². The summed E-state index contributed by atoms with van der Waals surface area (Å²) < 4.78 is 5.14. The Bertz CT molecular complexity index is 716. The van der Waals surface area contributed by atoms with Gasteiger partial charge in [0.2, 0.25) is 0 Å². The van der Waals surface area contributed by atoms with Gasteiger partial charge in [-0.25, -0.2) is 0 Å². The van der Waals surface area contributed by atoms with E-state index in [1.807, 2.05) is 47.8 Å². The van der Waals surface area contributed by atoms with Gasteiger partial charge < -0.3 is 4.74 Å². The van der Waals surface area contributed by atoms with E-state index in [0.717, 1.165) is 16.0 Å². The van der Waals surface area contributed by atoms with Crippen molar-refractivity contribution in [1.82, 2.24) is 0 Å². The summed E-state index contributed by atoms with van der Waals surface area (Å²) in [6.45, 7) is 2.05. The predicted molar refractivity (Wildman–Crippen MR) is 91.2 cm³/mol. The average molecular weight is 326 g/mol. The highest BCUT2D eigenvalue weighted by Gasteiger charge is 2.40. The van der Waals surface area contributed by atoms with E-state index in [9.17, 15) is 9.59 Å². The molecule has 0 aliphatic heterocycles. The molecule has 1 aromatic heterocycles. The van der Waals surface area contributed by atoms with Crippen molar-refractivity contribution < 1.29 is 14.3 Å². The highest BCUT2D eigenvalue weighted by atomic mass is 32.1. The number of ether oxygens (including phenoxy) is 1. The highest BCUT2D eigenvalue weighted by Crippen LogP contribution is 2.41. The van der Waals surface area contributed by atoms with Crippen molar-refractivity contribution in [3.05, 3.63) is 64.4 Å². The molecular weight excluding hydrogens is 308 g/mol. The molecule has 0 bridgehead atoms. The molecule has 23 heavy (non-hydrogen) atoms. The number of benzene rings is 1. The fourth-order valence-corrected chi connectivity index (χ4v) is 3.87. The maximum Gasteiger partial charge on any atom is 0.317 e. The van der Waals surface area contributed by atoms with Gasteiger partial charge in [0.15, 0.2) is 5.78 Å². The minimum atomic E-state index is -0.735. The zero-order chi connectivity index (χ0) is 16.2. The summed E-state index contributed by atoms with van der Waals surface area (Å²) in [5.74, 6) is -1.46. The van der Waals surface area contributed by atoms with Gasteiger partial charge in [-0.15, -0.1) is 11.3 Å². The van der Waals surface area contributed by atoms with Crippen LogP contribution in [0.25, 0.3) is 5.57 Å². The molecule has 3 rings (SSSR count). The Morgan fingerprint density at radius 2 is 2.00 bits per heavy atom. The number of rotatable bonds is 4. The summed E-state index contributed by atoms with van der Waals surface area (Å²) in [7, 11) is 0. The number of allylic oxidation sites excluding steroid dienone is 2. The SMILES string of the molecule is CCOC(=O)C1C(=O)C=C(c2ccccc2)CC1c1cccs1. The first kappa shape index (κ1) is 15.7. The molecule has 2 aromatic rings. The molecule has 0 radical (unpaired) electrons. The molecule has 1 aliphatic rings. The Balaban J connectivity index is 1.98. The van der Waals surface area contributed by atoms with Gasteiger partial charge >= 0.3 is 5.97 Å². The predicted octanol–water partition coefficient (Wildman–Crippen LogP) is 4.07.